The standard InChI is InChI=1S/C13H11NO/c15-13-3-1-2-12(10-13)5-4-11-6-8-14-9-7-11/h1-10,15H/b5-4+. The van der Waals surface area contributed by atoms with Gasteiger partial charge in [0.05, 0.1) is 0 Å². The topological polar surface area (TPSA) is 33.1 Å². The molecule has 1 aromatic carbocycles. The van der Waals surface area contributed by atoms with Gasteiger partial charge >= 0.3 is 0 Å². The summed E-state index contributed by atoms with van der Waals surface area (Å²) in [4.78, 5) is 3.94. The van der Waals surface area contributed by atoms with Crippen LogP contribution < -0.4 is 0 Å². The Morgan fingerprint density at radius 2 is 1.67 bits per heavy atom. The molecule has 0 amide bonds. The minimum atomic E-state index is 0.284. The van der Waals surface area contributed by atoms with Gasteiger partial charge in [0.15, 0.2) is 0 Å². The molecule has 0 bridgehead atoms. The molecule has 0 unspecified atom stereocenters. The van der Waals surface area contributed by atoms with Crippen molar-refractivity contribution in [2.75, 3.05) is 0 Å². The summed E-state index contributed by atoms with van der Waals surface area (Å²) in [7, 11) is 0. The van der Waals surface area contributed by atoms with Crippen LogP contribution in [0, 0.1) is 0 Å². The Morgan fingerprint density at radius 1 is 0.933 bits per heavy atom. The monoisotopic (exact) mass is 197 g/mol. The van der Waals surface area contributed by atoms with E-state index < -0.39 is 0 Å². The van der Waals surface area contributed by atoms with Gasteiger partial charge in [-0.1, -0.05) is 24.3 Å². The van der Waals surface area contributed by atoms with Crippen LogP contribution in [-0.4, -0.2) is 10.1 Å². The van der Waals surface area contributed by atoms with Crippen LogP contribution in [0.25, 0.3) is 12.2 Å². The Balaban J connectivity index is 2.19. The summed E-state index contributed by atoms with van der Waals surface area (Å²) in [6, 6.07) is 11.0. The molecule has 15 heavy (non-hydrogen) atoms. The smallest absolute Gasteiger partial charge is 0.116 e. The van der Waals surface area contributed by atoms with Gasteiger partial charge in [-0.3, -0.25) is 4.98 Å². The highest BCUT2D eigenvalue weighted by molar-refractivity contribution is 5.69. The van der Waals surface area contributed by atoms with Crippen LogP contribution in [0.5, 0.6) is 5.75 Å². The zero-order chi connectivity index (χ0) is 10.5. The molecule has 0 saturated heterocycles. The van der Waals surface area contributed by atoms with Crippen LogP contribution >= 0.6 is 0 Å². The Bertz CT molecular complexity index is 463. The van der Waals surface area contributed by atoms with Crippen molar-refractivity contribution in [3.8, 4) is 5.75 Å². The van der Waals surface area contributed by atoms with E-state index in [1.54, 1.807) is 24.5 Å². The van der Waals surface area contributed by atoms with Crippen LogP contribution in [0.2, 0.25) is 0 Å². The summed E-state index contributed by atoms with van der Waals surface area (Å²) in [5.41, 5.74) is 2.07. The summed E-state index contributed by atoms with van der Waals surface area (Å²) < 4.78 is 0. The van der Waals surface area contributed by atoms with E-state index in [4.69, 9.17) is 0 Å². The van der Waals surface area contributed by atoms with Gasteiger partial charge < -0.3 is 5.11 Å². The summed E-state index contributed by atoms with van der Waals surface area (Å²) in [5, 5.41) is 9.27. The number of hydrogen-bond donors (Lipinski definition) is 1. The van der Waals surface area contributed by atoms with Crippen LogP contribution in [0.15, 0.2) is 48.8 Å². The van der Waals surface area contributed by atoms with Gasteiger partial charge in [0.25, 0.3) is 0 Å². The normalized spacial score (nSPS) is 10.7. The van der Waals surface area contributed by atoms with E-state index in [1.165, 1.54) is 0 Å². The quantitative estimate of drug-likeness (QED) is 0.802. The minimum absolute atomic E-state index is 0.284. The molecule has 1 heterocycles. The Labute approximate surface area is 88.5 Å². The van der Waals surface area contributed by atoms with Crippen molar-refractivity contribution in [2.45, 2.75) is 0 Å². The molecular weight excluding hydrogens is 186 g/mol. The lowest BCUT2D eigenvalue weighted by Gasteiger charge is -1.95. The lowest BCUT2D eigenvalue weighted by molar-refractivity contribution is 0.475. The molecule has 2 nitrogen and oxygen atoms in total. The van der Waals surface area contributed by atoms with Crippen molar-refractivity contribution < 1.29 is 5.11 Å². The van der Waals surface area contributed by atoms with Gasteiger partial charge in [0.2, 0.25) is 0 Å². The maximum Gasteiger partial charge on any atom is 0.116 e. The van der Waals surface area contributed by atoms with E-state index >= 15 is 0 Å². The summed E-state index contributed by atoms with van der Waals surface area (Å²) in [6.45, 7) is 0. The first-order valence-corrected chi connectivity index (χ1v) is 4.72. The second-order valence-electron chi connectivity index (χ2n) is 3.21. The minimum Gasteiger partial charge on any atom is -0.508 e. The molecule has 0 aliphatic heterocycles. The molecule has 0 spiro atoms. The fourth-order valence-corrected chi connectivity index (χ4v) is 1.30. The maximum atomic E-state index is 9.27. The molecule has 0 aliphatic carbocycles. The molecule has 0 saturated carbocycles. The molecule has 1 aromatic heterocycles. The highest BCUT2D eigenvalue weighted by Gasteiger charge is 1.89. The molecule has 0 radical (unpaired) electrons. The number of aromatic nitrogens is 1. The van der Waals surface area contributed by atoms with Gasteiger partial charge in [-0.05, 0) is 35.4 Å². The number of benzene rings is 1. The third kappa shape index (κ3) is 2.68. The van der Waals surface area contributed by atoms with Crippen LogP contribution in [0.1, 0.15) is 11.1 Å². The molecular formula is C13H11NO. The van der Waals surface area contributed by atoms with E-state index in [9.17, 15) is 5.11 Å². The zero-order valence-electron chi connectivity index (χ0n) is 8.17. The van der Waals surface area contributed by atoms with Crippen molar-refractivity contribution >= 4 is 12.2 Å². The van der Waals surface area contributed by atoms with E-state index in [0.29, 0.717) is 0 Å². The molecule has 2 aromatic rings. The highest BCUT2D eigenvalue weighted by Crippen LogP contribution is 2.13. The van der Waals surface area contributed by atoms with Gasteiger partial charge in [-0.15, -0.1) is 0 Å². The second kappa shape index (κ2) is 4.42. The lowest BCUT2D eigenvalue weighted by atomic mass is 10.1. The molecule has 2 heteroatoms. The first-order chi connectivity index (χ1) is 7.34. The second-order valence-corrected chi connectivity index (χ2v) is 3.21. The number of nitrogens with zero attached hydrogens (tertiary/aromatic N) is 1. The average molecular weight is 197 g/mol. The van der Waals surface area contributed by atoms with Crippen molar-refractivity contribution in [1.29, 1.82) is 0 Å². The first kappa shape index (κ1) is 9.46. The van der Waals surface area contributed by atoms with E-state index in [-0.39, 0.29) is 5.75 Å². The first-order valence-electron chi connectivity index (χ1n) is 4.72. The molecule has 0 fully saturated rings. The largest absolute Gasteiger partial charge is 0.508 e. The third-order valence-electron chi connectivity index (χ3n) is 2.04. The number of hydrogen-bond acceptors (Lipinski definition) is 2. The number of phenolic OH excluding ortho intramolecular Hbond substituents is 1. The van der Waals surface area contributed by atoms with Crippen LogP contribution in [0.3, 0.4) is 0 Å². The predicted molar refractivity (Wildman–Crippen MR) is 61.3 cm³/mol. The van der Waals surface area contributed by atoms with Crippen molar-refractivity contribution in [1.82, 2.24) is 4.98 Å². The number of aromatic hydroxyl groups is 1. The fraction of sp³-hybridized carbons (Fsp3) is 0. The van der Waals surface area contributed by atoms with Crippen LogP contribution in [-0.2, 0) is 0 Å². The predicted octanol–water partition coefficient (Wildman–Crippen LogP) is 2.96. The molecule has 0 atom stereocenters. The number of pyridine rings is 1. The van der Waals surface area contributed by atoms with Gasteiger partial charge in [-0.25, -0.2) is 0 Å². The van der Waals surface area contributed by atoms with Crippen molar-refractivity contribution in [3.63, 3.8) is 0 Å². The Morgan fingerprint density at radius 3 is 2.40 bits per heavy atom. The summed E-state index contributed by atoms with van der Waals surface area (Å²) in [6.07, 6.45) is 7.44. The molecule has 2 rings (SSSR count). The zero-order valence-corrected chi connectivity index (χ0v) is 8.17. The lowest BCUT2D eigenvalue weighted by Crippen LogP contribution is -1.73. The summed E-state index contributed by atoms with van der Waals surface area (Å²) in [5.74, 6) is 0.284. The number of rotatable bonds is 2. The van der Waals surface area contributed by atoms with Crippen LogP contribution in [0.4, 0.5) is 0 Å². The fourth-order valence-electron chi connectivity index (χ4n) is 1.30. The van der Waals surface area contributed by atoms with E-state index in [1.807, 2.05) is 36.4 Å². The van der Waals surface area contributed by atoms with E-state index in [2.05, 4.69) is 4.98 Å². The molecule has 0 aliphatic rings. The Hall–Kier alpha value is -2.09. The summed E-state index contributed by atoms with van der Waals surface area (Å²) >= 11 is 0. The van der Waals surface area contributed by atoms with Crippen molar-refractivity contribution in [3.05, 3.63) is 59.9 Å². The van der Waals surface area contributed by atoms with Gasteiger partial charge in [0.1, 0.15) is 5.75 Å². The van der Waals surface area contributed by atoms with E-state index in [0.717, 1.165) is 11.1 Å². The third-order valence-corrected chi connectivity index (χ3v) is 2.04. The van der Waals surface area contributed by atoms with Gasteiger partial charge in [0, 0.05) is 12.4 Å². The van der Waals surface area contributed by atoms with Crippen molar-refractivity contribution in [2.24, 2.45) is 0 Å². The molecule has 1 N–H and O–H groups in total. The SMILES string of the molecule is Oc1cccc(/C=C/c2ccncc2)c1. The van der Waals surface area contributed by atoms with Gasteiger partial charge in [-0.2, -0.15) is 0 Å². The Kier molecular flexibility index (Phi) is 2.79. The average Bonchev–Trinajstić information content (AvgIpc) is 2.28. The molecule has 74 valence electrons. The number of phenols is 1. The maximum absolute atomic E-state index is 9.27. The highest BCUT2D eigenvalue weighted by atomic mass is 16.3.